The van der Waals surface area contributed by atoms with Crippen LogP contribution in [0.15, 0.2) is 18.3 Å². The Bertz CT molecular complexity index is 959. The number of aryl methyl sites for hydroxylation is 1. The van der Waals surface area contributed by atoms with Crippen molar-refractivity contribution in [3.05, 3.63) is 45.1 Å². The first-order valence-electron chi connectivity index (χ1n) is 9.81. The molecule has 9 heteroatoms. The lowest BCUT2D eigenvalue weighted by molar-refractivity contribution is -0.124. The number of nitrogens with one attached hydrogen (secondary N) is 1. The lowest BCUT2D eigenvalue weighted by Crippen LogP contribution is -2.32. The molecular weight excluding hydrogens is 428 g/mol. The third-order valence-electron chi connectivity index (χ3n) is 4.94. The number of thiophene rings is 1. The van der Waals surface area contributed by atoms with E-state index in [0.29, 0.717) is 10.6 Å². The molecule has 0 aliphatic heterocycles. The Morgan fingerprint density at radius 3 is 2.70 bits per heavy atom. The predicted molar refractivity (Wildman–Crippen MR) is 114 cm³/mol. The minimum atomic E-state index is -1.04. The summed E-state index contributed by atoms with van der Waals surface area (Å²) in [5.74, 6) is -1.71. The molecule has 30 heavy (non-hydrogen) atoms. The highest BCUT2D eigenvalue weighted by Crippen LogP contribution is 2.38. The molecule has 0 aromatic carbocycles. The second-order valence-corrected chi connectivity index (χ2v) is 8.36. The molecule has 2 aromatic heterocycles. The number of esters is 2. The summed E-state index contributed by atoms with van der Waals surface area (Å²) < 4.78 is 10.3. The third kappa shape index (κ3) is 4.82. The van der Waals surface area contributed by atoms with Gasteiger partial charge in [0.25, 0.3) is 5.91 Å². The number of nitrogens with zero attached hydrogens (tertiary/aromatic N) is 1. The fraction of sp³-hybridized carbons (Fsp3) is 0.429. The molecular formula is C21H23ClN2O5S. The SMILES string of the molecule is CCC(OC(=O)c1cccnc1Cl)C(=O)Nc1sc2c(c1C(=O)OC)CCCCC2. The highest BCUT2D eigenvalue weighted by atomic mass is 35.5. The highest BCUT2D eigenvalue weighted by molar-refractivity contribution is 7.17. The maximum atomic E-state index is 12.9. The number of carbonyl (C=O) groups is 3. The molecule has 0 spiro atoms. The van der Waals surface area contributed by atoms with Gasteiger partial charge in [-0.05, 0) is 49.8 Å². The predicted octanol–water partition coefficient (Wildman–Crippen LogP) is 4.43. The summed E-state index contributed by atoms with van der Waals surface area (Å²) >= 11 is 7.32. The summed E-state index contributed by atoms with van der Waals surface area (Å²) in [7, 11) is 1.32. The monoisotopic (exact) mass is 450 g/mol. The van der Waals surface area contributed by atoms with Crippen molar-refractivity contribution in [1.82, 2.24) is 4.98 Å². The minimum Gasteiger partial charge on any atom is -0.465 e. The first-order chi connectivity index (χ1) is 14.5. The second-order valence-electron chi connectivity index (χ2n) is 6.89. The summed E-state index contributed by atoms with van der Waals surface area (Å²) in [5, 5.41) is 3.22. The topological polar surface area (TPSA) is 94.6 Å². The maximum absolute atomic E-state index is 12.9. The van der Waals surface area contributed by atoms with Crippen LogP contribution in [0.4, 0.5) is 5.00 Å². The van der Waals surface area contributed by atoms with Gasteiger partial charge in [0, 0.05) is 11.1 Å². The number of carbonyl (C=O) groups excluding carboxylic acids is 3. The molecule has 1 amide bonds. The molecule has 1 unspecified atom stereocenters. The van der Waals surface area contributed by atoms with Crippen LogP contribution in [-0.4, -0.2) is 36.0 Å². The van der Waals surface area contributed by atoms with Crippen molar-refractivity contribution in [2.45, 2.75) is 51.6 Å². The lowest BCUT2D eigenvalue weighted by Gasteiger charge is -2.16. The van der Waals surface area contributed by atoms with Crippen molar-refractivity contribution < 1.29 is 23.9 Å². The molecule has 1 aliphatic carbocycles. The van der Waals surface area contributed by atoms with Gasteiger partial charge in [-0.15, -0.1) is 11.3 Å². The second kappa shape index (κ2) is 10.0. The first kappa shape index (κ1) is 22.2. The average molecular weight is 451 g/mol. The van der Waals surface area contributed by atoms with E-state index in [0.717, 1.165) is 42.5 Å². The molecule has 1 aliphatic rings. The van der Waals surface area contributed by atoms with Crippen LogP contribution in [0.1, 0.15) is 63.8 Å². The molecule has 160 valence electrons. The Balaban J connectivity index is 1.81. The number of methoxy groups -OCH3 is 1. The fourth-order valence-electron chi connectivity index (χ4n) is 3.39. The number of amides is 1. The van der Waals surface area contributed by atoms with Gasteiger partial charge in [0.2, 0.25) is 0 Å². The van der Waals surface area contributed by atoms with Crippen molar-refractivity contribution in [3.8, 4) is 0 Å². The van der Waals surface area contributed by atoms with Gasteiger partial charge in [-0.25, -0.2) is 14.6 Å². The summed E-state index contributed by atoms with van der Waals surface area (Å²) in [5.41, 5.74) is 1.44. The van der Waals surface area contributed by atoms with Crippen molar-refractivity contribution in [2.24, 2.45) is 0 Å². The van der Waals surface area contributed by atoms with E-state index in [1.165, 1.54) is 30.7 Å². The van der Waals surface area contributed by atoms with Crippen molar-refractivity contribution >= 4 is 45.8 Å². The molecule has 0 fully saturated rings. The summed E-state index contributed by atoms with van der Waals surface area (Å²) in [6.07, 6.45) is 5.45. The number of ether oxygens (including phenoxy) is 2. The number of fused-ring (bicyclic) bond motifs is 1. The number of rotatable bonds is 6. The molecule has 2 heterocycles. The number of hydrogen-bond acceptors (Lipinski definition) is 7. The highest BCUT2D eigenvalue weighted by Gasteiger charge is 2.29. The van der Waals surface area contributed by atoms with Crippen LogP contribution < -0.4 is 5.32 Å². The Kier molecular flexibility index (Phi) is 7.44. The molecule has 1 atom stereocenters. The Hall–Kier alpha value is -2.45. The number of hydrogen-bond donors (Lipinski definition) is 1. The van der Waals surface area contributed by atoms with Crippen LogP contribution in [0.25, 0.3) is 0 Å². The van der Waals surface area contributed by atoms with E-state index >= 15 is 0 Å². The third-order valence-corrected chi connectivity index (χ3v) is 6.45. The van der Waals surface area contributed by atoms with Gasteiger partial charge in [-0.2, -0.15) is 0 Å². The van der Waals surface area contributed by atoms with E-state index < -0.39 is 23.9 Å². The molecule has 1 N–H and O–H groups in total. The lowest BCUT2D eigenvalue weighted by atomic mass is 10.1. The molecule has 7 nitrogen and oxygen atoms in total. The van der Waals surface area contributed by atoms with Crippen LogP contribution in [0.5, 0.6) is 0 Å². The quantitative estimate of drug-likeness (QED) is 0.397. The van der Waals surface area contributed by atoms with E-state index in [2.05, 4.69) is 10.3 Å². The van der Waals surface area contributed by atoms with Gasteiger partial charge in [0.1, 0.15) is 10.2 Å². The van der Waals surface area contributed by atoms with Crippen LogP contribution in [0.3, 0.4) is 0 Å². The van der Waals surface area contributed by atoms with Gasteiger partial charge in [-0.3, -0.25) is 4.79 Å². The zero-order chi connectivity index (χ0) is 21.7. The number of anilines is 1. The van der Waals surface area contributed by atoms with Crippen LogP contribution in [-0.2, 0) is 27.1 Å². The number of aromatic nitrogens is 1. The first-order valence-corrected chi connectivity index (χ1v) is 11.0. The summed E-state index contributed by atoms with van der Waals surface area (Å²) in [6.45, 7) is 1.73. The molecule has 2 aromatic rings. The zero-order valence-corrected chi connectivity index (χ0v) is 18.4. The number of halogens is 1. The van der Waals surface area contributed by atoms with E-state index in [1.54, 1.807) is 13.0 Å². The Morgan fingerprint density at radius 2 is 2.00 bits per heavy atom. The normalized spacial score (nSPS) is 14.2. The largest absolute Gasteiger partial charge is 0.465 e. The Morgan fingerprint density at radius 1 is 1.23 bits per heavy atom. The fourth-order valence-corrected chi connectivity index (χ4v) is 4.87. The van der Waals surface area contributed by atoms with E-state index in [4.69, 9.17) is 21.1 Å². The Labute approximate surface area is 183 Å². The van der Waals surface area contributed by atoms with Gasteiger partial charge >= 0.3 is 11.9 Å². The molecule has 0 saturated carbocycles. The standard InChI is InChI=1S/C21H23ClN2O5S/c1-3-14(29-20(26)13-9-7-11-23-17(13)22)18(25)24-19-16(21(27)28-2)12-8-5-4-6-10-15(12)30-19/h7,9,11,14H,3-6,8,10H2,1-2H3,(H,24,25). The van der Waals surface area contributed by atoms with E-state index in [1.807, 2.05) is 0 Å². The molecule has 0 saturated heterocycles. The minimum absolute atomic E-state index is 0.00716. The molecule has 0 radical (unpaired) electrons. The van der Waals surface area contributed by atoms with E-state index in [-0.39, 0.29) is 17.1 Å². The van der Waals surface area contributed by atoms with Gasteiger partial charge in [-0.1, -0.05) is 24.9 Å². The van der Waals surface area contributed by atoms with Crippen molar-refractivity contribution in [2.75, 3.05) is 12.4 Å². The van der Waals surface area contributed by atoms with Crippen molar-refractivity contribution in [3.63, 3.8) is 0 Å². The zero-order valence-electron chi connectivity index (χ0n) is 16.8. The maximum Gasteiger partial charge on any atom is 0.342 e. The van der Waals surface area contributed by atoms with Gasteiger partial charge in [0.15, 0.2) is 6.10 Å². The molecule has 0 bridgehead atoms. The average Bonchev–Trinajstić information content (AvgIpc) is 2.91. The van der Waals surface area contributed by atoms with Crippen LogP contribution in [0, 0.1) is 0 Å². The smallest absolute Gasteiger partial charge is 0.342 e. The molecule has 3 rings (SSSR count). The van der Waals surface area contributed by atoms with Crippen LogP contribution >= 0.6 is 22.9 Å². The summed E-state index contributed by atoms with van der Waals surface area (Å²) in [6, 6.07) is 3.04. The summed E-state index contributed by atoms with van der Waals surface area (Å²) in [4.78, 5) is 42.6. The number of pyridine rings is 1. The van der Waals surface area contributed by atoms with Gasteiger partial charge in [0.05, 0.1) is 18.2 Å². The van der Waals surface area contributed by atoms with E-state index in [9.17, 15) is 14.4 Å². The van der Waals surface area contributed by atoms with Crippen LogP contribution in [0.2, 0.25) is 5.15 Å². The van der Waals surface area contributed by atoms with Crippen molar-refractivity contribution in [1.29, 1.82) is 0 Å². The van der Waals surface area contributed by atoms with Gasteiger partial charge < -0.3 is 14.8 Å².